The number of urea groups is 1. The van der Waals surface area contributed by atoms with E-state index in [0.29, 0.717) is 62.4 Å². The molecule has 2 aromatic carbocycles. The molecule has 44 heavy (non-hydrogen) atoms. The van der Waals surface area contributed by atoms with E-state index in [1.807, 2.05) is 0 Å². The number of alkyl halides is 3. The van der Waals surface area contributed by atoms with E-state index in [4.69, 9.17) is 0 Å². The number of halogens is 3. The molecule has 3 aliphatic heterocycles. The van der Waals surface area contributed by atoms with Gasteiger partial charge in [-0.25, -0.2) is 17.5 Å². The quantitative estimate of drug-likeness (QED) is 0.437. The van der Waals surface area contributed by atoms with Crippen LogP contribution in [0.15, 0.2) is 48.5 Å². The number of sulfonamides is 1. The van der Waals surface area contributed by atoms with Gasteiger partial charge < -0.3 is 19.6 Å². The molecule has 5 rings (SSSR count). The van der Waals surface area contributed by atoms with Crippen molar-refractivity contribution in [2.45, 2.75) is 43.9 Å². The van der Waals surface area contributed by atoms with E-state index in [0.717, 1.165) is 37.9 Å². The lowest BCUT2D eigenvalue weighted by molar-refractivity contribution is -0.137. The van der Waals surface area contributed by atoms with Gasteiger partial charge in [-0.15, -0.1) is 0 Å². The molecule has 0 bridgehead atoms. The largest absolute Gasteiger partial charge is 0.416 e. The molecular weight excluding hydrogens is 595 g/mol. The Balaban J connectivity index is 1.10. The van der Waals surface area contributed by atoms with Gasteiger partial charge in [-0.2, -0.15) is 13.2 Å². The molecule has 240 valence electrons. The summed E-state index contributed by atoms with van der Waals surface area (Å²) in [4.78, 5) is 33.9. The first-order valence-electron chi connectivity index (χ1n) is 15.1. The maximum Gasteiger partial charge on any atom is 0.416 e. The second kappa shape index (κ2) is 13.1. The fraction of sp³-hybridized carbons (Fsp3) is 0.548. The lowest BCUT2D eigenvalue weighted by Gasteiger charge is -2.30. The summed E-state index contributed by atoms with van der Waals surface area (Å²) in [5.74, 6) is -0.0875. The summed E-state index contributed by atoms with van der Waals surface area (Å²) >= 11 is 0. The second-order valence-corrected chi connectivity index (χ2v) is 14.1. The first-order chi connectivity index (χ1) is 20.8. The predicted octanol–water partition coefficient (Wildman–Crippen LogP) is 4.07. The lowest BCUT2D eigenvalue weighted by Crippen LogP contribution is -2.47. The van der Waals surface area contributed by atoms with Crippen molar-refractivity contribution in [1.29, 1.82) is 0 Å². The molecule has 1 unspecified atom stereocenters. The van der Waals surface area contributed by atoms with Crippen molar-refractivity contribution < 1.29 is 31.2 Å². The smallest absolute Gasteiger partial charge is 0.337 e. The fourth-order valence-electron chi connectivity index (χ4n) is 6.31. The van der Waals surface area contributed by atoms with Gasteiger partial charge in [0.15, 0.2) is 0 Å². The first-order valence-corrected chi connectivity index (χ1v) is 16.7. The zero-order valence-corrected chi connectivity index (χ0v) is 26.0. The molecule has 0 saturated carbocycles. The van der Waals surface area contributed by atoms with Crippen molar-refractivity contribution in [3.8, 4) is 11.1 Å². The third-order valence-electron chi connectivity index (χ3n) is 9.20. The van der Waals surface area contributed by atoms with Crippen LogP contribution in [0.4, 0.5) is 18.0 Å². The normalized spacial score (nSPS) is 21.6. The van der Waals surface area contributed by atoms with Crippen LogP contribution in [0, 0.1) is 0 Å². The van der Waals surface area contributed by atoms with Gasteiger partial charge in [0.05, 0.1) is 17.4 Å². The Morgan fingerprint density at radius 1 is 0.818 bits per heavy atom. The van der Waals surface area contributed by atoms with Crippen molar-refractivity contribution in [3.05, 3.63) is 59.7 Å². The van der Waals surface area contributed by atoms with Crippen LogP contribution in [-0.4, -0.2) is 122 Å². The summed E-state index contributed by atoms with van der Waals surface area (Å²) in [6, 6.07) is 11.4. The molecule has 2 atom stereocenters. The monoisotopic (exact) mass is 635 g/mol. The Morgan fingerprint density at radius 2 is 1.39 bits per heavy atom. The molecule has 3 fully saturated rings. The Bertz CT molecular complexity index is 1430. The Kier molecular flexibility index (Phi) is 9.57. The van der Waals surface area contributed by atoms with Gasteiger partial charge in [-0.05, 0) is 61.1 Å². The van der Waals surface area contributed by atoms with E-state index in [2.05, 4.69) is 4.90 Å². The number of likely N-dealkylation sites (N-methyl/N-ethyl adjacent to an activating group) is 2. The van der Waals surface area contributed by atoms with E-state index in [9.17, 15) is 31.2 Å². The molecule has 13 heteroatoms. The number of rotatable bonds is 8. The molecule has 0 spiro atoms. The van der Waals surface area contributed by atoms with Gasteiger partial charge in [0.2, 0.25) is 10.0 Å². The minimum absolute atomic E-state index is 0.00131. The van der Waals surface area contributed by atoms with Gasteiger partial charge in [0, 0.05) is 71.5 Å². The number of nitrogens with zero attached hydrogens (tertiary/aromatic N) is 5. The maximum atomic E-state index is 13.4. The van der Waals surface area contributed by atoms with Crippen molar-refractivity contribution in [2.75, 3.05) is 65.7 Å². The van der Waals surface area contributed by atoms with Crippen LogP contribution in [0.3, 0.4) is 0 Å². The first kappa shape index (κ1) is 32.2. The molecule has 0 aromatic heterocycles. The van der Waals surface area contributed by atoms with Gasteiger partial charge >= 0.3 is 12.2 Å². The topological polar surface area (TPSA) is 84.5 Å². The highest BCUT2D eigenvalue weighted by Gasteiger charge is 2.36. The average Bonchev–Trinajstić information content (AvgIpc) is 3.81. The van der Waals surface area contributed by atoms with Crippen LogP contribution >= 0.6 is 0 Å². The van der Waals surface area contributed by atoms with Crippen LogP contribution in [-0.2, 0) is 16.2 Å². The second-order valence-electron chi connectivity index (χ2n) is 12.0. The molecule has 2 aromatic rings. The van der Waals surface area contributed by atoms with E-state index in [-0.39, 0.29) is 29.8 Å². The number of amides is 3. The minimum atomic E-state index is -4.40. The van der Waals surface area contributed by atoms with Gasteiger partial charge in [0.25, 0.3) is 5.91 Å². The molecule has 3 heterocycles. The van der Waals surface area contributed by atoms with E-state index in [1.165, 1.54) is 12.1 Å². The summed E-state index contributed by atoms with van der Waals surface area (Å²) in [7, 11) is 0.271. The minimum Gasteiger partial charge on any atom is -0.337 e. The van der Waals surface area contributed by atoms with Crippen molar-refractivity contribution in [1.82, 2.24) is 23.9 Å². The van der Waals surface area contributed by atoms with Crippen LogP contribution in [0.5, 0.6) is 0 Å². The predicted molar refractivity (Wildman–Crippen MR) is 162 cm³/mol. The van der Waals surface area contributed by atoms with Crippen LogP contribution in [0.25, 0.3) is 11.1 Å². The molecule has 0 radical (unpaired) electrons. The third kappa shape index (κ3) is 7.21. The number of carbonyl (C=O) groups is 2. The Hall–Kier alpha value is -3.16. The molecule has 3 amide bonds. The number of benzene rings is 2. The van der Waals surface area contributed by atoms with Gasteiger partial charge in [-0.3, -0.25) is 4.79 Å². The summed E-state index contributed by atoms with van der Waals surface area (Å²) in [5.41, 5.74) is 1.08. The summed E-state index contributed by atoms with van der Waals surface area (Å²) in [6.07, 6.45) is -1.13. The number of likely N-dealkylation sites (tertiary alicyclic amines) is 2. The molecular formula is C31H40F3N5O4S. The zero-order chi connectivity index (χ0) is 31.6. The van der Waals surface area contributed by atoms with Gasteiger partial charge in [-0.1, -0.05) is 24.3 Å². The maximum absolute atomic E-state index is 13.4. The summed E-state index contributed by atoms with van der Waals surface area (Å²) in [6.45, 7) is 4.00. The van der Waals surface area contributed by atoms with Crippen molar-refractivity contribution in [3.63, 3.8) is 0 Å². The van der Waals surface area contributed by atoms with Crippen LogP contribution in [0.2, 0.25) is 0 Å². The van der Waals surface area contributed by atoms with Crippen LogP contribution in [0.1, 0.15) is 41.6 Å². The summed E-state index contributed by atoms with van der Waals surface area (Å²) in [5, 5.41) is 0. The van der Waals surface area contributed by atoms with E-state index in [1.54, 1.807) is 57.4 Å². The fourth-order valence-corrected chi connectivity index (χ4v) is 7.87. The van der Waals surface area contributed by atoms with Crippen molar-refractivity contribution in [2.24, 2.45) is 0 Å². The number of carbonyl (C=O) groups excluding carboxylic acids is 2. The highest BCUT2D eigenvalue weighted by atomic mass is 32.2. The molecule has 3 aliphatic rings. The SMILES string of the molecule is CN(C(=O)N1CC[C@H](N(C)C(=O)c2ccc(-c3ccc(C(F)(F)F)cc3)cc2)C1)C1CCN(CCS(=O)(=O)N2CCCC2)C1. The van der Waals surface area contributed by atoms with Crippen LogP contribution < -0.4 is 0 Å². The molecule has 0 N–H and O–H groups in total. The van der Waals surface area contributed by atoms with Crippen molar-refractivity contribution >= 4 is 22.0 Å². The summed E-state index contributed by atoms with van der Waals surface area (Å²) < 4.78 is 65.4. The van der Waals surface area contributed by atoms with Gasteiger partial charge in [0.1, 0.15) is 0 Å². The lowest BCUT2D eigenvalue weighted by atomic mass is 10.0. The van der Waals surface area contributed by atoms with E-state index < -0.39 is 21.8 Å². The molecule has 9 nitrogen and oxygen atoms in total. The third-order valence-corrected chi connectivity index (χ3v) is 11.1. The molecule has 3 saturated heterocycles. The average molecular weight is 636 g/mol. The molecule has 0 aliphatic carbocycles. The number of hydrogen-bond acceptors (Lipinski definition) is 5. The number of hydrogen-bond donors (Lipinski definition) is 0. The van der Waals surface area contributed by atoms with E-state index >= 15 is 0 Å². The Morgan fingerprint density at radius 3 is 2.00 bits per heavy atom. The highest BCUT2D eigenvalue weighted by Crippen LogP contribution is 2.31. The highest BCUT2D eigenvalue weighted by molar-refractivity contribution is 7.89. The standard InChI is InChI=1S/C31H40F3N5O4S/c1-35(29(40)25-7-5-23(6-8-25)24-9-11-26(12-10-24)31(32,33)34)28-14-18-38(22-28)30(41)36(2)27-13-17-37(21-27)19-20-44(42,43)39-15-3-4-16-39/h5-12,27-28H,3-4,13-22H2,1-2H3/t27?,28-/m0/s1. The Labute approximate surface area is 257 Å². The zero-order valence-electron chi connectivity index (χ0n) is 25.2.